The molecule has 10 heteroatoms. The highest BCUT2D eigenvalue weighted by Gasteiger charge is 2.33. The van der Waals surface area contributed by atoms with E-state index < -0.39 is 18.0 Å². The van der Waals surface area contributed by atoms with Crippen LogP contribution in [0.3, 0.4) is 0 Å². The maximum atomic E-state index is 14.9. The second-order valence-corrected chi connectivity index (χ2v) is 7.40. The summed E-state index contributed by atoms with van der Waals surface area (Å²) >= 11 is 0. The van der Waals surface area contributed by atoms with Crippen LogP contribution in [0.5, 0.6) is 0 Å². The quantitative estimate of drug-likeness (QED) is 0.499. The number of amides is 1. The summed E-state index contributed by atoms with van der Waals surface area (Å²) in [6.45, 7) is 6.79. The average molecular weight is 454 g/mol. The molecule has 1 saturated heterocycles. The molecule has 2 aliphatic rings. The summed E-state index contributed by atoms with van der Waals surface area (Å²) < 4.78 is 25.5. The Morgan fingerprint density at radius 1 is 1.36 bits per heavy atom. The average Bonchev–Trinajstić information content (AvgIpc) is 3.19. The Morgan fingerprint density at radius 3 is 2.91 bits per heavy atom. The molecule has 0 aliphatic carbocycles. The molecule has 0 spiro atoms. The van der Waals surface area contributed by atoms with Gasteiger partial charge in [0.1, 0.15) is 36.4 Å². The van der Waals surface area contributed by atoms with Crippen LogP contribution in [-0.4, -0.2) is 54.4 Å². The van der Waals surface area contributed by atoms with Crippen LogP contribution in [0.15, 0.2) is 66.4 Å². The van der Waals surface area contributed by atoms with E-state index in [2.05, 4.69) is 16.7 Å². The standard InChI is InChI=1S/C23H23FN4O5/c1-15(7-9-29)31-14-19-13-28(23(30)33-19)18-4-5-20(21(24)11-18)17-3-6-22(25-12-17)27-8-10-32-26-16(27)2/h3-7,9,11-12,19,29H,1,8,10,13-14H2,2H3/b9-7-. The molecule has 0 saturated carbocycles. The lowest BCUT2D eigenvalue weighted by molar-refractivity contribution is 0.0812. The Kier molecular flexibility index (Phi) is 6.43. The number of aliphatic hydroxyl groups excluding tert-OH is 1. The smallest absolute Gasteiger partial charge is 0.414 e. The van der Waals surface area contributed by atoms with Crippen molar-refractivity contribution < 1.29 is 28.6 Å². The first-order valence-electron chi connectivity index (χ1n) is 10.3. The number of anilines is 2. The van der Waals surface area contributed by atoms with Crippen LogP contribution >= 0.6 is 0 Å². The zero-order chi connectivity index (χ0) is 23.4. The van der Waals surface area contributed by atoms with E-state index in [1.165, 1.54) is 17.0 Å². The Bertz CT molecular complexity index is 1100. The van der Waals surface area contributed by atoms with Crippen molar-refractivity contribution in [3.63, 3.8) is 0 Å². The van der Waals surface area contributed by atoms with Crippen LogP contribution in [0.25, 0.3) is 11.1 Å². The molecule has 3 heterocycles. The maximum absolute atomic E-state index is 14.9. The van der Waals surface area contributed by atoms with Crippen molar-refractivity contribution in [2.24, 2.45) is 5.16 Å². The van der Waals surface area contributed by atoms with Crippen molar-refractivity contribution in [1.29, 1.82) is 0 Å². The molecule has 1 fully saturated rings. The Hall–Kier alpha value is -4.08. The Labute approximate surface area is 190 Å². The molecular weight excluding hydrogens is 431 g/mol. The van der Waals surface area contributed by atoms with Crippen molar-refractivity contribution in [2.75, 3.05) is 36.1 Å². The maximum Gasteiger partial charge on any atom is 0.414 e. The van der Waals surface area contributed by atoms with Crippen LogP contribution in [0.4, 0.5) is 20.7 Å². The number of halogens is 1. The number of carbonyl (C=O) groups is 1. The van der Waals surface area contributed by atoms with E-state index in [1.54, 1.807) is 30.5 Å². The molecule has 2 aromatic rings. The van der Waals surface area contributed by atoms with Crippen molar-refractivity contribution in [2.45, 2.75) is 13.0 Å². The highest BCUT2D eigenvalue weighted by atomic mass is 19.1. The van der Waals surface area contributed by atoms with E-state index >= 15 is 0 Å². The zero-order valence-corrected chi connectivity index (χ0v) is 18.0. The van der Waals surface area contributed by atoms with Crippen LogP contribution in [-0.2, 0) is 14.3 Å². The molecule has 172 valence electrons. The molecule has 2 aliphatic heterocycles. The van der Waals surface area contributed by atoms with Crippen LogP contribution in [0.1, 0.15) is 6.92 Å². The fraction of sp³-hybridized carbons (Fsp3) is 0.261. The summed E-state index contributed by atoms with van der Waals surface area (Å²) in [6.07, 6.45) is 2.54. The molecule has 1 aromatic heterocycles. The Balaban J connectivity index is 1.45. The third kappa shape index (κ3) is 4.89. The minimum Gasteiger partial charge on any atom is -0.515 e. The van der Waals surface area contributed by atoms with Gasteiger partial charge in [0.05, 0.1) is 25.0 Å². The number of hydrogen-bond acceptors (Lipinski definition) is 8. The number of allylic oxidation sites excluding steroid dienone is 1. The number of rotatable bonds is 7. The first-order chi connectivity index (χ1) is 16.0. The van der Waals surface area contributed by atoms with E-state index in [1.807, 2.05) is 11.8 Å². The van der Waals surface area contributed by atoms with Gasteiger partial charge in [-0.05, 0) is 37.3 Å². The van der Waals surface area contributed by atoms with Crippen LogP contribution < -0.4 is 9.80 Å². The topological polar surface area (TPSA) is 96.7 Å². The minimum atomic E-state index is -0.590. The molecule has 0 radical (unpaired) electrons. The van der Waals surface area contributed by atoms with Gasteiger partial charge in [0.2, 0.25) is 0 Å². The highest BCUT2D eigenvalue weighted by molar-refractivity contribution is 5.95. The van der Waals surface area contributed by atoms with Gasteiger partial charge >= 0.3 is 6.09 Å². The summed E-state index contributed by atoms with van der Waals surface area (Å²) in [4.78, 5) is 25.0. The van der Waals surface area contributed by atoms with E-state index in [-0.39, 0.29) is 18.9 Å². The van der Waals surface area contributed by atoms with Gasteiger partial charge in [-0.25, -0.2) is 14.2 Å². The monoisotopic (exact) mass is 454 g/mol. The summed E-state index contributed by atoms with van der Waals surface area (Å²) in [6, 6.07) is 8.14. The summed E-state index contributed by atoms with van der Waals surface area (Å²) in [5.74, 6) is 1.15. The van der Waals surface area contributed by atoms with Gasteiger partial charge in [0.15, 0.2) is 6.10 Å². The lowest BCUT2D eigenvalue weighted by atomic mass is 10.1. The third-order valence-corrected chi connectivity index (χ3v) is 5.18. The predicted octanol–water partition coefficient (Wildman–Crippen LogP) is 3.98. The number of hydrogen-bond donors (Lipinski definition) is 1. The van der Waals surface area contributed by atoms with Gasteiger partial charge in [0.25, 0.3) is 0 Å². The first kappa shape index (κ1) is 22.1. The SMILES string of the molecule is C=C(/C=C\O)OCC1CN(c2ccc(-c3ccc(N4CCON=C4C)nc3)c(F)c2)C(=O)O1. The molecule has 1 aromatic carbocycles. The molecule has 1 amide bonds. The van der Waals surface area contributed by atoms with Crippen molar-refractivity contribution in [3.8, 4) is 11.1 Å². The van der Waals surface area contributed by atoms with Gasteiger partial charge in [-0.3, -0.25) is 4.90 Å². The van der Waals surface area contributed by atoms with Crippen molar-refractivity contribution in [3.05, 3.63) is 67.0 Å². The number of aromatic nitrogens is 1. The zero-order valence-electron chi connectivity index (χ0n) is 18.0. The van der Waals surface area contributed by atoms with Gasteiger partial charge < -0.3 is 24.3 Å². The summed E-state index contributed by atoms with van der Waals surface area (Å²) in [5, 5.41) is 12.7. The number of oxime groups is 1. The van der Waals surface area contributed by atoms with Crippen LogP contribution in [0.2, 0.25) is 0 Å². The molecule has 1 atom stereocenters. The van der Waals surface area contributed by atoms with Gasteiger partial charge in [-0.1, -0.05) is 11.7 Å². The molecule has 33 heavy (non-hydrogen) atoms. The van der Waals surface area contributed by atoms with E-state index in [4.69, 9.17) is 19.4 Å². The number of amidine groups is 1. The number of pyridine rings is 1. The number of ether oxygens (including phenoxy) is 2. The largest absolute Gasteiger partial charge is 0.515 e. The fourth-order valence-electron chi connectivity index (χ4n) is 3.52. The number of carbonyl (C=O) groups excluding carboxylic acids is 1. The third-order valence-electron chi connectivity index (χ3n) is 5.18. The second kappa shape index (κ2) is 9.60. The van der Waals surface area contributed by atoms with Gasteiger partial charge in [-0.15, -0.1) is 0 Å². The highest BCUT2D eigenvalue weighted by Crippen LogP contribution is 2.30. The van der Waals surface area contributed by atoms with Crippen LogP contribution in [0, 0.1) is 5.82 Å². The lowest BCUT2D eigenvalue weighted by Gasteiger charge is -2.25. The van der Waals surface area contributed by atoms with E-state index in [0.717, 1.165) is 6.26 Å². The number of benzene rings is 1. The molecule has 9 nitrogen and oxygen atoms in total. The minimum absolute atomic E-state index is 0.0668. The normalized spacial score (nSPS) is 18.2. The lowest BCUT2D eigenvalue weighted by Crippen LogP contribution is -2.36. The van der Waals surface area contributed by atoms with Crippen molar-refractivity contribution in [1.82, 2.24) is 4.98 Å². The summed E-state index contributed by atoms with van der Waals surface area (Å²) in [7, 11) is 0. The van der Waals surface area contributed by atoms with Gasteiger partial charge in [-0.2, -0.15) is 0 Å². The molecule has 4 rings (SSSR count). The second-order valence-electron chi connectivity index (χ2n) is 7.40. The predicted molar refractivity (Wildman–Crippen MR) is 121 cm³/mol. The van der Waals surface area contributed by atoms with Gasteiger partial charge in [0, 0.05) is 23.4 Å². The fourth-order valence-corrected chi connectivity index (χ4v) is 3.52. The molecule has 1 unspecified atom stereocenters. The molecule has 0 bridgehead atoms. The number of nitrogens with zero attached hydrogens (tertiary/aromatic N) is 4. The number of aliphatic hydroxyl groups is 1. The summed E-state index contributed by atoms with van der Waals surface area (Å²) in [5.41, 5.74) is 1.35. The Morgan fingerprint density at radius 2 is 2.21 bits per heavy atom. The van der Waals surface area contributed by atoms with Crippen molar-refractivity contribution >= 4 is 23.4 Å². The molecular formula is C23H23FN4O5. The van der Waals surface area contributed by atoms with E-state index in [0.29, 0.717) is 41.6 Å². The number of cyclic esters (lactones) is 1. The first-order valence-corrected chi connectivity index (χ1v) is 10.3. The molecule has 1 N–H and O–H groups in total. The van der Waals surface area contributed by atoms with E-state index in [9.17, 15) is 9.18 Å².